The van der Waals surface area contributed by atoms with Crippen LogP contribution in [0.2, 0.25) is 0 Å². The van der Waals surface area contributed by atoms with Gasteiger partial charge < -0.3 is 4.85 Å². The molecule has 0 heterocycles. The molecule has 0 radical (unpaired) electrons. The second kappa shape index (κ2) is 2.85. The van der Waals surface area contributed by atoms with Gasteiger partial charge in [-0.1, -0.05) is 20.8 Å². The van der Waals surface area contributed by atoms with E-state index in [-0.39, 0.29) is 0 Å². The Kier molecular flexibility index (Phi) is 2.23. The average Bonchev–Trinajstić information content (AvgIpc) is 1.86. The van der Waals surface area contributed by atoms with Gasteiger partial charge in [0.15, 0.2) is 0 Å². The standard InChI is InChI=1S/C10H17N/c1-5-10(8(2)3)6-9(7-10)11-4/h8-9H,5-7H2,1-3H3. The van der Waals surface area contributed by atoms with Crippen LogP contribution in [0.1, 0.15) is 40.0 Å². The van der Waals surface area contributed by atoms with Gasteiger partial charge in [0.25, 0.3) is 0 Å². The summed E-state index contributed by atoms with van der Waals surface area (Å²) in [5, 5.41) is 0. The lowest BCUT2D eigenvalue weighted by Gasteiger charge is -2.44. The van der Waals surface area contributed by atoms with Crippen LogP contribution in [0.5, 0.6) is 0 Å². The minimum Gasteiger partial charge on any atom is -0.314 e. The van der Waals surface area contributed by atoms with Crippen molar-refractivity contribution in [3.05, 3.63) is 11.4 Å². The van der Waals surface area contributed by atoms with Crippen LogP contribution in [-0.2, 0) is 0 Å². The number of nitrogens with zero attached hydrogens (tertiary/aromatic N) is 1. The van der Waals surface area contributed by atoms with Crippen LogP contribution in [0.25, 0.3) is 4.85 Å². The van der Waals surface area contributed by atoms with Gasteiger partial charge in [-0.15, -0.1) is 0 Å². The SMILES string of the molecule is [C-]#[N+]C1CC(CC)(C(C)C)C1. The fraction of sp³-hybridized carbons (Fsp3) is 0.900. The molecular weight excluding hydrogens is 134 g/mol. The van der Waals surface area contributed by atoms with E-state index in [1.54, 1.807) is 0 Å². The summed E-state index contributed by atoms with van der Waals surface area (Å²) in [5.41, 5.74) is 0.523. The summed E-state index contributed by atoms with van der Waals surface area (Å²) in [6, 6.07) is 0.345. The first-order valence-electron chi connectivity index (χ1n) is 4.51. The Morgan fingerprint density at radius 2 is 2.09 bits per heavy atom. The van der Waals surface area contributed by atoms with Gasteiger partial charge in [-0.25, -0.2) is 6.57 Å². The molecule has 0 amide bonds. The summed E-state index contributed by atoms with van der Waals surface area (Å²) in [7, 11) is 0. The summed E-state index contributed by atoms with van der Waals surface area (Å²) in [4.78, 5) is 3.57. The van der Waals surface area contributed by atoms with Crippen molar-refractivity contribution in [2.45, 2.75) is 46.1 Å². The third-order valence-electron chi connectivity index (χ3n) is 3.40. The Labute approximate surface area is 69.6 Å². The minimum absolute atomic E-state index is 0.345. The van der Waals surface area contributed by atoms with Crippen molar-refractivity contribution in [1.29, 1.82) is 0 Å². The fourth-order valence-electron chi connectivity index (χ4n) is 2.14. The van der Waals surface area contributed by atoms with Gasteiger partial charge in [-0.3, -0.25) is 0 Å². The van der Waals surface area contributed by atoms with Crippen LogP contribution >= 0.6 is 0 Å². The quantitative estimate of drug-likeness (QED) is 0.534. The maximum absolute atomic E-state index is 6.88. The lowest BCUT2D eigenvalue weighted by Crippen LogP contribution is -2.42. The highest BCUT2D eigenvalue weighted by atomic mass is 14.8. The molecule has 1 saturated carbocycles. The van der Waals surface area contributed by atoms with E-state index in [0.717, 1.165) is 18.8 Å². The molecule has 11 heavy (non-hydrogen) atoms. The molecule has 1 rings (SSSR count). The van der Waals surface area contributed by atoms with Gasteiger partial charge in [0.1, 0.15) is 0 Å². The summed E-state index contributed by atoms with van der Waals surface area (Å²) in [6.45, 7) is 13.7. The molecule has 0 unspecified atom stereocenters. The van der Waals surface area contributed by atoms with Crippen LogP contribution < -0.4 is 0 Å². The summed E-state index contributed by atoms with van der Waals surface area (Å²) in [6.07, 6.45) is 3.53. The Morgan fingerprint density at radius 3 is 2.36 bits per heavy atom. The summed E-state index contributed by atoms with van der Waals surface area (Å²) < 4.78 is 0. The predicted octanol–water partition coefficient (Wildman–Crippen LogP) is 3.12. The number of rotatable bonds is 2. The molecule has 1 aliphatic rings. The van der Waals surface area contributed by atoms with E-state index in [1.807, 2.05) is 0 Å². The molecule has 0 N–H and O–H groups in total. The van der Waals surface area contributed by atoms with Crippen LogP contribution in [0.15, 0.2) is 0 Å². The van der Waals surface area contributed by atoms with Crippen molar-refractivity contribution in [2.75, 3.05) is 0 Å². The van der Waals surface area contributed by atoms with E-state index < -0.39 is 0 Å². The van der Waals surface area contributed by atoms with E-state index in [2.05, 4.69) is 25.6 Å². The third kappa shape index (κ3) is 1.27. The van der Waals surface area contributed by atoms with Crippen LogP contribution in [0.4, 0.5) is 0 Å². The van der Waals surface area contributed by atoms with E-state index in [0.29, 0.717) is 11.5 Å². The van der Waals surface area contributed by atoms with Gasteiger partial charge in [0.2, 0.25) is 6.04 Å². The van der Waals surface area contributed by atoms with E-state index in [4.69, 9.17) is 6.57 Å². The molecule has 0 aromatic carbocycles. The fourth-order valence-corrected chi connectivity index (χ4v) is 2.14. The second-order valence-electron chi connectivity index (χ2n) is 4.06. The van der Waals surface area contributed by atoms with Crippen LogP contribution in [0.3, 0.4) is 0 Å². The largest absolute Gasteiger partial charge is 0.314 e. The van der Waals surface area contributed by atoms with Gasteiger partial charge in [0.05, 0.1) is 0 Å². The Hall–Kier alpha value is -0.510. The van der Waals surface area contributed by atoms with E-state index in [9.17, 15) is 0 Å². The zero-order valence-electron chi connectivity index (χ0n) is 7.72. The molecule has 0 aliphatic heterocycles. The first-order chi connectivity index (χ1) is 5.14. The van der Waals surface area contributed by atoms with Gasteiger partial charge in [-0.2, -0.15) is 0 Å². The normalized spacial score (nSPS) is 36.5. The Morgan fingerprint density at radius 1 is 1.55 bits per heavy atom. The van der Waals surface area contributed by atoms with Crippen molar-refractivity contribution in [1.82, 2.24) is 0 Å². The molecule has 0 atom stereocenters. The van der Waals surface area contributed by atoms with Gasteiger partial charge in [0, 0.05) is 12.8 Å². The van der Waals surface area contributed by atoms with Crippen molar-refractivity contribution in [3.8, 4) is 0 Å². The van der Waals surface area contributed by atoms with Gasteiger partial charge in [-0.05, 0) is 17.8 Å². The lowest BCUT2D eigenvalue weighted by molar-refractivity contribution is 0.0559. The molecule has 1 fully saturated rings. The predicted molar refractivity (Wildman–Crippen MR) is 47.2 cm³/mol. The average molecular weight is 151 g/mol. The first-order valence-corrected chi connectivity index (χ1v) is 4.51. The minimum atomic E-state index is 0.345. The molecule has 0 bridgehead atoms. The molecular formula is C10H17N. The topological polar surface area (TPSA) is 4.36 Å². The van der Waals surface area contributed by atoms with Gasteiger partial charge >= 0.3 is 0 Å². The first kappa shape index (κ1) is 8.59. The Balaban J connectivity index is 2.51. The summed E-state index contributed by atoms with van der Waals surface area (Å²) in [5.74, 6) is 0.755. The molecule has 1 nitrogen and oxygen atoms in total. The van der Waals surface area contributed by atoms with Crippen LogP contribution in [0, 0.1) is 17.9 Å². The highest BCUT2D eigenvalue weighted by Gasteiger charge is 2.48. The van der Waals surface area contributed by atoms with E-state index in [1.165, 1.54) is 6.42 Å². The number of hydrogen-bond acceptors (Lipinski definition) is 0. The van der Waals surface area contributed by atoms with Crippen molar-refractivity contribution in [2.24, 2.45) is 11.3 Å². The second-order valence-corrected chi connectivity index (χ2v) is 4.06. The highest BCUT2D eigenvalue weighted by Crippen LogP contribution is 2.50. The van der Waals surface area contributed by atoms with Crippen molar-refractivity contribution >= 4 is 0 Å². The maximum atomic E-state index is 6.88. The van der Waals surface area contributed by atoms with E-state index >= 15 is 0 Å². The molecule has 0 saturated heterocycles. The number of hydrogen-bond donors (Lipinski definition) is 0. The Bertz CT molecular complexity index is 170. The molecule has 0 spiro atoms. The van der Waals surface area contributed by atoms with Crippen molar-refractivity contribution in [3.63, 3.8) is 0 Å². The molecule has 0 aromatic rings. The maximum Gasteiger partial charge on any atom is 0.224 e. The lowest BCUT2D eigenvalue weighted by atomic mass is 9.58. The smallest absolute Gasteiger partial charge is 0.224 e. The third-order valence-corrected chi connectivity index (χ3v) is 3.40. The molecule has 1 aliphatic carbocycles. The highest BCUT2D eigenvalue weighted by molar-refractivity contribution is 5.03. The monoisotopic (exact) mass is 151 g/mol. The van der Waals surface area contributed by atoms with Crippen molar-refractivity contribution < 1.29 is 0 Å². The molecule has 1 heteroatoms. The molecule has 0 aromatic heterocycles. The zero-order valence-corrected chi connectivity index (χ0v) is 7.72. The summed E-state index contributed by atoms with van der Waals surface area (Å²) >= 11 is 0. The zero-order chi connectivity index (χ0) is 8.48. The van der Waals surface area contributed by atoms with Crippen LogP contribution in [-0.4, -0.2) is 6.04 Å². The molecule has 62 valence electrons.